The van der Waals surface area contributed by atoms with Crippen LogP contribution in [0.2, 0.25) is 0 Å². The molecule has 1 aromatic heterocycles. The summed E-state index contributed by atoms with van der Waals surface area (Å²) in [6.45, 7) is 5.30. The molecule has 0 spiro atoms. The molecule has 0 aliphatic carbocycles. The highest BCUT2D eigenvalue weighted by Gasteiger charge is 2.04. The van der Waals surface area contributed by atoms with Crippen molar-refractivity contribution < 1.29 is 9.59 Å². The van der Waals surface area contributed by atoms with Crippen molar-refractivity contribution >= 4 is 33.4 Å². The maximum absolute atomic E-state index is 12.0. The van der Waals surface area contributed by atoms with Crippen molar-refractivity contribution in [1.29, 1.82) is 0 Å². The third kappa shape index (κ3) is 22.1. The summed E-state index contributed by atoms with van der Waals surface area (Å²) in [7, 11) is 3.39. The highest BCUT2D eigenvalue weighted by molar-refractivity contribution is 8.76. The molecule has 0 aliphatic rings. The van der Waals surface area contributed by atoms with Crippen LogP contribution >= 0.6 is 21.6 Å². The van der Waals surface area contributed by atoms with Crippen LogP contribution < -0.4 is 10.6 Å². The number of nitrogens with one attached hydrogen (secondary N) is 2. The minimum Gasteiger partial charge on any atom is -0.355 e. The van der Waals surface area contributed by atoms with Crippen LogP contribution in [0, 0.1) is 6.92 Å². The molecule has 0 saturated heterocycles. The van der Waals surface area contributed by atoms with Crippen molar-refractivity contribution in [2.45, 2.75) is 65.2 Å². The Labute approximate surface area is 250 Å². The van der Waals surface area contributed by atoms with Gasteiger partial charge in [0.05, 0.1) is 5.56 Å². The van der Waals surface area contributed by atoms with E-state index in [1.165, 1.54) is 0 Å². The van der Waals surface area contributed by atoms with Crippen LogP contribution in [0.15, 0.2) is 91.2 Å². The quantitative estimate of drug-likeness (QED) is 0.0822. The summed E-state index contributed by atoms with van der Waals surface area (Å²) in [5.74, 6) is 1.64. The van der Waals surface area contributed by atoms with E-state index in [0.717, 1.165) is 62.1 Å². The van der Waals surface area contributed by atoms with Gasteiger partial charge in [-0.2, -0.15) is 0 Å². The van der Waals surface area contributed by atoms with Crippen LogP contribution in [-0.2, 0) is 4.79 Å². The van der Waals surface area contributed by atoms with E-state index in [2.05, 4.69) is 95.5 Å². The lowest BCUT2D eigenvalue weighted by atomic mass is 10.2. The number of hydrogen-bond acceptors (Lipinski definition) is 5. The van der Waals surface area contributed by atoms with Crippen LogP contribution in [0.5, 0.6) is 0 Å². The number of hydrogen-bond donors (Lipinski definition) is 2. The van der Waals surface area contributed by atoms with Gasteiger partial charge in [0.1, 0.15) is 0 Å². The molecule has 40 heavy (non-hydrogen) atoms. The average molecular weight is 582 g/mol. The van der Waals surface area contributed by atoms with Gasteiger partial charge < -0.3 is 10.6 Å². The maximum atomic E-state index is 12.0. The second kappa shape index (κ2) is 26.5. The Hall–Kier alpha value is -2.77. The second-order valence-electron chi connectivity index (χ2n) is 8.89. The lowest BCUT2D eigenvalue weighted by molar-refractivity contribution is -0.120. The van der Waals surface area contributed by atoms with Gasteiger partial charge in [0.15, 0.2) is 0 Å². The van der Waals surface area contributed by atoms with E-state index in [0.29, 0.717) is 25.1 Å². The first kappa shape index (κ1) is 35.3. The molecule has 0 unspecified atom stereocenters. The highest BCUT2D eigenvalue weighted by Crippen LogP contribution is 2.19. The van der Waals surface area contributed by atoms with Crippen molar-refractivity contribution in [2.75, 3.05) is 24.6 Å². The van der Waals surface area contributed by atoms with Crippen LogP contribution in [0.4, 0.5) is 0 Å². The molecule has 5 nitrogen and oxygen atoms in total. The van der Waals surface area contributed by atoms with Gasteiger partial charge in [-0.25, -0.2) is 0 Å². The number of carbonyl (C=O) groups excluding carboxylic acids is 2. The van der Waals surface area contributed by atoms with E-state index in [4.69, 9.17) is 0 Å². The molecule has 0 aliphatic heterocycles. The zero-order valence-corrected chi connectivity index (χ0v) is 25.9. The zero-order valence-electron chi connectivity index (χ0n) is 24.2. The Morgan fingerprint density at radius 1 is 0.725 bits per heavy atom. The lowest BCUT2D eigenvalue weighted by Crippen LogP contribution is -2.26. The van der Waals surface area contributed by atoms with Crippen molar-refractivity contribution in [3.05, 3.63) is 102 Å². The van der Waals surface area contributed by atoms with E-state index < -0.39 is 0 Å². The number of aryl methyl sites for hydroxylation is 1. The number of aromatic nitrogens is 1. The van der Waals surface area contributed by atoms with Crippen molar-refractivity contribution in [1.82, 2.24) is 15.6 Å². The molecular weight excluding hydrogens is 535 g/mol. The van der Waals surface area contributed by atoms with E-state index in [9.17, 15) is 9.59 Å². The number of rotatable bonds is 22. The fraction of sp³-hybridized carbons (Fsp3) is 0.424. The Morgan fingerprint density at radius 3 is 1.73 bits per heavy atom. The monoisotopic (exact) mass is 581 g/mol. The summed E-state index contributed by atoms with van der Waals surface area (Å²) < 4.78 is 0. The number of amides is 2. The van der Waals surface area contributed by atoms with E-state index >= 15 is 0 Å². The number of nitrogens with zero attached hydrogens (tertiary/aromatic N) is 1. The van der Waals surface area contributed by atoms with E-state index in [1.54, 1.807) is 33.9 Å². The molecule has 7 heteroatoms. The first-order chi connectivity index (χ1) is 19.6. The van der Waals surface area contributed by atoms with Gasteiger partial charge in [0.2, 0.25) is 5.91 Å². The number of allylic oxidation sites excluding steroid dienone is 12. The van der Waals surface area contributed by atoms with Crippen LogP contribution in [0.1, 0.15) is 74.3 Å². The molecule has 2 N–H and O–H groups in total. The third-order valence-corrected chi connectivity index (χ3v) is 7.78. The summed E-state index contributed by atoms with van der Waals surface area (Å²) in [6.07, 6.45) is 35.0. The van der Waals surface area contributed by atoms with E-state index in [1.807, 2.05) is 13.0 Å². The van der Waals surface area contributed by atoms with Gasteiger partial charge >= 0.3 is 0 Å². The van der Waals surface area contributed by atoms with Crippen LogP contribution in [0.3, 0.4) is 0 Å². The molecule has 0 radical (unpaired) electrons. The summed E-state index contributed by atoms with van der Waals surface area (Å²) in [5.41, 5.74) is 1.47. The normalized spacial score (nSPS) is 12.2. The van der Waals surface area contributed by atoms with Gasteiger partial charge in [-0.1, -0.05) is 101 Å². The fourth-order valence-electron chi connectivity index (χ4n) is 3.20. The zero-order chi connectivity index (χ0) is 28.9. The predicted molar refractivity (Wildman–Crippen MR) is 177 cm³/mol. The standard InChI is InChI=1S/C33H47N3O2S2/c1-3-4-5-6-7-8-9-10-11-12-13-14-15-16-17-18-19-20-21-22-32(37)34-25-27-39-40-28-26-35-33(38)31-24-23-30(2)36-29-31/h4-5,7-8,10-11,13-14,16-17,19-20,23-24,29H,3,6,9,12,15,18,21-22,25-28H2,1-2H3,(H,34,37)(H,35,38). The van der Waals surface area contributed by atoms with Gasteiger partial charge in [0.25, 0.3) is 5.91 Å². The first-order valence-electron chi connectivity index (χ1n) is 14.3. The van der Waals surface area contributed by atoms with Gasteiger partial charge in [-0.05, 0) is 64.0 Å². The smallest absolute Gasteiger partial charge is 0.252 e. The number of carbonyl (C=O) groups is 2. The largest absolute Gasteiger partial charge is 0.355 e. The minimum absolute atomic E-state index is 0.0871. The van der Waals surface area contributed by atoms with Crippen molar-refractivity contribution in [3.63, 3.8) is 0 Å². The molecule has 1 aromatic rings. The predicted octanol–water partition coefficient (Wildman–Crippen LogP) is 8.10. The van der Waals surface area contributed by atoms with Gasteiger partial charge in [-0.3, -0.25) is 14.6 Å². The van der Waals surface area contributed by atoms with Gasteiger partial charge in [0, 0.05) is 42.9 Å². The lowest BCUT2D eigenvalue weighted by Gasteiger charge is -2.06. The third-order valence-electron chi connectivity index (χ3n) is 5.37. The van der Waals surface area contributed by atoms with Crippen LogP contribution in [-0.4, -0.2) is 41.4 Å². The molecule has 1 rings (SSSR count). The Balaban J connectivity index is 1.91. The Kier molecular flexibility index (Phi) is 23.3. The molecular formula is C33H47N3O2S2. The molecule has 0 atom stereocenters. The molecule has 218 valence electrons. The summed E-state index contributed by atoms with van der Waals surface area (Å²) in [5, 5.41) is 5.85. The topological polar surface area (TPSA) is 71.1 Å². The summed E-state index contributed by atoms with van der Waals surface area (Å²) >= 11 is 0. The van der Waals surface area contributed by atoms with Crippen molar-refractivity contribution in [3.8, 4) is 0 Å². The molecule has 0 fully saturated rings. The molecule has 0 bridgehead atoms. The summed E-state index contributed by atoms with van der Waals surface area (Å²) in [6, 6.07) is 3.61. The fourth-order valence-corrected chi connectivity index (χ4v) is 5.02. The molecule has 0 aromatic carbocycles. The van der Waals surface area contributed by atoms with E-state index in [-0.39, 0.29) is 11.8 Å². The van der Waals surface area contributed by atoms with Crippen molar-refractivity contribution in [2.24, 2.45) is 0 Å². The van der Waals surface area contributed by atoms with Crippen LogP contribution in [0.25, 0.3) is 0 Å². The molecule has 2 amide bonds. The SMILES string of the molecule is CCC=CCC=CCC=CCC=CCC=CCC=CCCC(=O)NCCSSCCNC(=O)c1ccc(C)nc1. The minimum atomic E-state index is -0.0997. The second-order valence-corrected chi connectivity index (χ2v) is 11.6. The molecule has 1 heterocycles. The maximum Gasteiger partial charge on any atom is 0.252 e. The highest BCUT2D eigenvalue weighted by atomic mass is 33.1. The first-order valence-corrected chi connectivity index (χ1v) is 16.7. The average Bonchev–Trinajstić information content (AvgIpc) is 2.96. The Morgan fingerprint density at radius 2 is 1.23 bits per heavy atom. The Bertz CT molecular complexity index is 980. The van der Waals surface area contributed by atoms with Gasteiger partial charge in [-0.15, -0.1) is 0 Å². The molecule has 0 saturated carbocycles. The number of pyridine rings is 1. The summed E-state index contributed by atoms with van der Waals surface area (Å²) in [4.78, 5) is 28.1.